The topological polar surface area (TPSA) is 21.1 Å². The Morgan fingerprint density at radius 3 is 2.28 bits per heavy atom. The Bertz CT molecular complexity index is 790. The molecule has 4 rings (SSSR count). The zero-order valence-electron chi connectivity index (χ0n) is 19.0. The average molecular weight is 410 g/mol. The van der Waals surface area contributed by atoms with Crippen molar-refractivity contribution in [3.63, 3.8) is 0 Å². The SMILES string of the molecule is CC(C)c1ccc(-c2cc(CN3CC[Si](C)(C)CC3)nn2C2CCCCC2)cc1. The summed E-state index contributed by atoms with van der Waals surface area (Å²) in [6, 6.07) is 15.0. The van der Waals surface area contributed by atoms with Crippen molar-refractivity contribution >= 4 is 8.07 Å². The van der Waals surface area contributed by atoms with E-state index in [1.54, 1.807) is 0 Å². The summed E-state index contributed by atoms with van der Waals surface area (Å²) in [5.41, 5.74) is 5.33. The number of benzene rings is 1. The molecule has 2 aliphatic rings. The molecule has 1 aromatic carbocycles. The Labute approximate surface area is 178 Å². The fourth-order valence-electron chi connectivity index (χ4n) is 4.93. The zero-order valence-corrected chi connectivity index (χ0v) is 20.0. The number of hydrogen-bond acceptors (Lipinski definition) is 2. The summed E-state index contributed by atoms with van der Waals surface area (Å²) >= 11 is 0. The van der Waals surface area contributed by atoms with E-state index < -0.39 is 8.07 Å². The second kappa shape index (κ2) is 8.77. The molecule has 2 heterocycles. The molecule has 0 radical (unpaired) electrons. The van der Waals surface area contributed by atoms with Gasteiger partial charge in [0.2, 0.25) is 0 Å². The van der Waals surface area contributed by atoms with Crippen molar-refractivity contribution in [1.82, 2.24) is 14.7 Å². The summed E-state index contributed by atoms with van der Waals surface area (Å²) in [6.07, 6.45) is 6.63. The van der Waals surface area contributed by atoms with Crippen LogP contribution in [0.2, 0.25) is 25.2 Å². The van der Waals surface area contributed by atoms with Gasteiger partial charge in [-0.15, -0.1) is 0 Å². The summed E-state index contributed by atoms with van der Waals surface area (Å²) in [6.45, 7) is 13.1. The summed E-state index contributed by atoms with van der Waals surface area (Å²) in [4.78, 5) is 2.64. The van der Waals surface area contributed by atoms with Crippen molar-refractivity contribution in [1.29, 1.82) is 0 Å². The Morgan fingerprint density at radius 1 is 1.00 bits per heavy atom. The van der Waals surface area contributed by atoms with Crippen LogP contribution in [0.15, 0.2) is 30.3 Å². The van der Waals surface area contributed by atoms with Gasteiger partial charge in [-0.2, -0.15) is 5.10 Å². The van der Waals surface area contributed by atoms with E-state index in [9.17, 15) is 0 Å². The first kappa shape index (κ1) is 20.9. The van der Waals surface area contributed by atoms with Gasteiger partial charge in [0.15, 0.2) is 0 Å². The Kier molecular flexibility index (Phi) is 6.31. The second-order valence-electron chi connectivity index (χ2n) is 10.5. The maximum absolute atomic E-state index is 5.18. The molecule has 0 unspecified atom stereocenters. The van der Waals surface area contributed by atoms with E-state index in [1.807, 2.05) is 0 Å². The van der Waals surface area contributed by atoms with E-state index >= 15 is 0 Å². The molecule has 4 heteroatoms. The first-order chi connectivity index (χ1) is 13.9. The van der Waals surface area contributed by atoms with Gasteiger partial charge in [0.05, 0.1) is 17.4 Å². The quantitative estimate of drug-likeness (QED) is 0.512. The molecule has 1 aliphatic heterocycles. The molecule has 0 spiro atoms. The molecule has 0 bridgehead atoms. The monoisotopic (exact) mass is 409 g/mol. The van der Waals surface area contributed by atoms with Gasteiger partial charge in [-0.05, 0) is 61.1 Å². The van der Waals surface area contributed by atoms with Crippen molar-refractivity contribution in [3.05, 3.63) is 41.6 Å². The lowest BCUT2D eigenvalue weighted by molar-refractivity contribution is 0.273. The van der Waals surface area contributed by atoms with Gasteiger partial charge in [-0.1, -0.05) is 70.5 Å². The minimum atomic E-state index is -0.917. The molecule has 29 heavy (non-hydrogen) atoms. The summed E-state index contributed by atoms with van der Waals surface area (Å²) < 4.78 is 2.39. The lowest BCUT2D eigenvalue weighted by Crippen LogP contribution is -2.42. The maximum atomic E-state index is 5.18. The van der Waals surface area contributed by atoms with Crippen molar-refractivity contribution in [2.75, 3.05) is 13.1 Å². The van der Waals surface area contributed by atoms with Crippen LogP contribution in [0.5, 0.6) is 0 Å². The predicted octanol–water partition coefficient (Wildman–Crippen LogP) is 6.70. The molecule has 2 fully saturated rings. The third-order valence-corrected chi connectivity index (χ3v) is 10.3. The van der Waals surface area contributed by atoms with Crippen LogP contribution in [0.4, 0.5) is 0 Å². The van der Waals surface area contributed by atoms with Gasteiger partial charge in [0.1, 0.15) is 0 Å². The minimum Gasteiger partial charge on any atom is -0.298 e. The Hall–Kier alpha value is -1.39. The van der Waals surface area contributed by atoms with Crippen LogP contribution in [-0.2, 0) is 6.54 Å². The summed E-state index contributed by atoms with van der Waals surface area (Å²) in [5, 5.41) is 5.18. The third-order valence-electron chi connectivity index (χ3n) is 7.18. The first-order valence-corrected chi connectivity index (χ1v) is 15.2. The second-order valence-corrected chi connectivity index (χ2v) is 15.8. The molecule has 0 amide bonds. The van der Waals surface area contributed by atoms with Crippen molar-refractivity contribution in [3.8, 4) is 11.3 Å². The van der Waals surface area contributed by atoms with Gasteiger partial charge < -0.3 is 0 Å². The van der Waals surface area contributed by atoms with Crippen LogP contribution in [0, 0.1) is 0 Å². The van der Waals surface area contributed by atoms with Gasteiger partial charge >= 0.3 is 0 Å². The maximum Gasteiger partial charge on any atom is 0.0771 e. The molecule has 0 N–H and O–H groups in total. The molecular formula is C25H39N3Si. The Morgan fingerprint density at radius 2 is 1.66 bits per heavy atom. The predicted molar refractivity (Wildman–Crippen MR) is 126 cm³/mol. The summed E-state index contributed by atoms with van der Waals surface area (Å²) in [7, 11) is -0.917. The molecular weight excluding hydrogens is 370 g/mol. The van der Waals surface area contributed by atoms with Gasteiger partial charge in [0, 0.05) is 14.6 Å². The molecule has 0 atom stereocenters. The fraction of sp³-hybridized carbons (Fsp3) is 0.640. The highest BCUT2D eigenvalue weighted by molar-refractivity contribution is 6.77. The number of aromatic nitrogens is 2. The van der Waals surface area contributed by atoms with Crippen LogP contribution < -0.4 is 0 Å². The highest BCUT2D eigenvalue weighted by Gasteiger charge is 2.28. The normalized spacial score (nSPS) is 21.0. The molecule has 1 aliphatic carbocycles. The van der Waals surface area contributed by atoms with E-state index in [-0.39, 0.29) is 0 Å². The summed E-state index contributed by atoms with van der Waals surface area (Å²) in [5.74, 6) is 0.578. The van der Waals surface area contributed by atoms with Gasteiger partial charge in [0.25, 0.3) is 0 Å². The zero-order chi connectivity index (χ0) is 20.4. The molecule has 3 nitrogen and oxygen atoms in total. The highest BCUT2D eigenvalue weighted by atomic mass is 28.3. The van der Waals surface area contributed by atoms with Crippen LogP contribution >= 0.6 is 0 Å². The van der Waals surface area contributed by atoms with Crippen molar-refractivity contribution in [2.45, 2.75) is 89.6 Å². The smallest absolute Gasteiger partial charge is 0.0771 e. The third kappa shape index (κ3) is 5.03. The number of rotatable bonds is 5. The fourth-order valence-corrected chi connectivity index (χ4v) is 7.02. The molecule has 1 saturated carbocycles. The molecule has 1 saturated heterocycles. The molecule has 158 valence electrons. The van der Waals surface area contributed by atoms with E-state index in [0.29, 0.717) is 12.0 Å². The molecule has 2 aromatic rings. The van der Waals surface area contributed by atoms with E-state index in [0.717, 1.165) is 6.54 Å². The van der Waals surface area contributed by atoms with E-state index in [4.69, 9.17) is 5.10 Å². The van der Waals surface area contributed by atoms with Gasteiger partial charge in [-0.3, -0.25) is 9.58 Å². The number of hydrogen-bond donors (Lipinski definition) is 0. The van der Waals surface area contributed by atoms with Crippen LogP contribution in [-0.4, -0.2) is 35.8 Å². The minimum absolute atomic E-state index is 0.574. The molecule has 1 aromatic heterocycles. The lowest BCUT2D eigenvalue weighted by atomic mass is 9.95. The average Bonchev–Trinajstić information content (AvgIpc) is 3.14. The van der Waals surface area contributed by atoms with E-state index in [1.165, 1.54) is 79.8 Å². The van der Waals surface area contributed by atoms with Gasteiger partial charge in [-0.25, -0.2) is 0 Å². The highest BCUT2D eigenvalue weighted by Crippen LogP contribution is 2.33. The van der Waals surface area contributed by atoms with Crippen LogP contribution in [0.3, 0.4) is 0 Å². The Balaban J connectivity index is 1.58. The van der Waals surface area contributed by atoms with E-state index in [2.05, 4.69) is 66.9 Å². The lowest BCUT2D eigenvalue weighted by Gasteiger charge is -2.35. The van der Waals surface area contributed by atoms with Crippen molar-refractivity contribution < 1.29 is 0 Å². The van der Waals surface area contributed by atoms with Crippen LogP contribution in [0.25, 0.3) is 11.3 Å². The van der Waals surface area contributed by atoms with Crippen molar-refractivity contribution in [2.24, 2.45) is 0 Å². The standard InChI is InChI=1S/C25H39N3Si/c1-20(2)21-10-12-22(13-11-21)25-18-23(19-27-14-16-29(3,4)17-15-27)26-28(25)24-8-6-5-7-9-24/h10-13,18,20,24H,5-9,14-17,19H2,1-4H3. The van der Waals surface area contributed by atoms with Crippen LogP contribution in [0.1, 0.15) is 69.2 Å². The number of nitrogens with zero attached hydrogens (tertiary/aromatic N) is 3. The largest absolute Gasteiger partial charge is 0.298 e. The first-order valence-electron chi connectivity index (χ1n) is 11.8.